The zero-order valence-corrected chi connectivity index (χ0v) is 21.0. The standard InChI is InChI=1S/C27H34F4N4O2/c1-20-18-34(23-7-8-25(24(28)17-23)37-27(29,30)31)15-16-35(20)26(36)32-12-9-21-10-13-33(14-11-21)19-22-5-3-2-4-6-22/h2-8,17,20-21H,9-16,18-19H2,1H3,(H,32,36)/t20-/m0/s1. The van der Waals surface area contributed by atoms with Gasteiger partial charge in [-0.25, -0.2) is 9.18 Å². The van der Waals surface area contributed by atoms with Gasteiger partial charge >= 0.3 is 12.4 Å². The van der Waals surface area contributed by atoms with Gasteiger partial charge in [-0.1, -0.05) is 30.3 Å². The van der Waals surface area contributed by atoms with Crippen LogP contribution in [0.2, 0.25) is 0 Å². The van der Waals surface area contributed by atoms with Gasteiger partial charge in [0.2, 0.25) is 0 Å². The predicted molar refractivity (Wildman–Crippen MR) is 134 cm³/mol. The third-order valence-corrected chi connectivity index (χ3v) is 7.18. The van der Waals surface area contributed by atoms with Crippen LogP contribution in [0.5, 0.6) is 5.75 Å². The van der Waals surface area contributed by atoms with Gasteiger partial charge in [0, 0.05) is 50.5 Å². The van der Waals surface area contributed by atoms with E-state index >= 15 is 0 Å². The molecule has 2 aromatic carbocycles. The molecule has 0 radical (unpaired) electrons. The van der Waals surface area contributed by atoms with Crippen molar-refractivity contribution < 1.29 is 27.1 Å². The molecule has 1 N–H and O–H groups in total. The number of amides is 2. The molecule has 2 heterocycles. The molecule has 1 atom stereocenters. The normalized spacial score (nSPS) is 19.6. The van der Waals surface area contributed by atoms with Gasteiger partial charge in [-0.15, -0.1) is 13.2 Å². The van der Waals surface area contributed by atoms with E-state index in [-0.39, 0.29) is 12.1 Å². The number of likely N-dealkylation sites (tertiary alicyclic amines) is 1. The van der Waals surface area contributed by atoms with Crippen LogP contribution in [0.1, 0.15) is 31.7 Å². The molecule has 2 aromatic rings. The number of carbonyl (C=O) groups excluding carboxylic acids is 1. The number of piperidine rings is 1. The van der Waals surface area contributed by atoms with E-state index in [0.717, 1.165) is 51.0 Å². The van der Waals surface area contributed by atoms with Crippen molar-refractivity contribution in [3.63, 3.8) is 0 Å². The van der Waals surface area contributed by atoms with Crippen LogP contribution >= 0.6 is 0 Å². The largest absolute Gasteiger partial charge is 0.573 e. The van der Waals surface area contributed by atoms with E-state index in [9.17, 15) is 22.4 Å². The second-order valence-electron chi connectivity index (χ2n) is 9.88. The zero-order valence-electron chi connectivity index (χ0n) is 21.0. The molecule has 2 amide bonds. The molecule has 0 aromatic heterocycles. The van der Waals surface area contributed by atoms with Crippen LogP contribution < -0.4 is 15.0 Å². The minimum atomic E-state index is -4.95. The topological polar surface area (TPSA) is 48.1 Å². The van der Waals surface area contributed by atoms with E-state index in [1.54, 1.807) is 4.90 Å². The molecule has 2 fully saturated rings. The summed E-state index contributed by atoms with van der Waals surface area (Å²) in [4.78, 5) is 18.9. The number of urea groups is 1. The molecule has 202 valence electrons. The van der Waals surface area contributed by atoms with Gasteiger partial charge in [-0.3, -0.25) is 4.90 Å². The Kier molecular flexibility index (Phi) is 8.79. The van der Waals surface area contributed by atoms with Crippen LogP contribution in [-0.4, -0.2) is 67.5 Å². The highest BCUT2D eigenvalue weighted by molar-refractivity contribution is 5.75. The van der Waals surface area contributed by atoms with Crippen LogP contribution in [0.25, 0.3) is 0 Å². The maximum atomic E-state index is 14.1. The van der Waals surface area contributed by atoms with Crippen molar-refractivity contribution >= 4 is 11.7 Å². The van der Waals surface area contributed by atoms with Gasteiger partial charge in [-0.05, 0) is 62.9 Å². The molecule has 2 saturated heterocycles. The van der Waals surface area contributed by atoms with Crippen molar-refractivity contribution in [2.24, 2.45) is 5.92 Å². The third kappa shape index (κ3) is 7.74. The van der Waals surface area contributed by atoms with Crippen molar-refractivity contribution in [3.05, 3.63) is 59.9 Å². The average molecular weight is 523 g/mol. The number of alkyl halides is 3. The Labute approximate surface area is 215 Å². The fourth-order valence-corrected chi connectivity index (χ4v) is 5.15. The Morgan fingerprint density at radius 1 is 1.05 bits per heavy atom. The van der Waals surface area contributed by atoms with Crippen LogP contribution in [-0.2, 0) is 6.54 Å². The first kappa shape index (κ1) is 27.0. The molecule has 0 spiro atoms. The third-order valence-electron chi connectivity index (χ3n) is 7.18. The highest BCUT2D eigenvalue weighted by Gasteiger charge is 2.33. The fraction of sp³-hybridized carbons (Fsp3) is 0.519. The fourth-order valence-electron chi connectivity index (χ4n) is 5.15. The number of hydrogen-bond donors (Lipinski definition) is 1. The summed E-state index contributed by atoms with van der Waals surface area (Å²) in [7, 11) is 0. The van der Waals surface area contributed by atoms with Crippen molar-refractivity contribution in [2.45, 2.75) is 45.1 Å². The number of anilines is 1. The van der Waals surface area contributed by atoms with Crippen molar-refractivity contribution in [1.29, 1.82) is 0 Å². The summed E-state index contributed by atoms with van der Waals surface area (Å²) < 4.78 is 55.0. The molecule has 0 bridgehead atoms. The number of benzene rings is 2. The van der Waals surface area contributed by atoms with Gasteiger partial charge in [0.1, 0.15) is 0 Å². The van der Waals surface area contributed by atoms with Gasteiger partial charge < -0.3 is 19.9 Å². The molecule has 2 aliphatic rings. The molecular weight excluding hydrogens is 488 g/mol. The van der Waals surface area contributed by atoms with Gasteiger partial charge in [0.15, 0.2) is 11.6 Å². The van der Waals surface area contributed by atoms with Crippen molar-refractivity contribution in [3.8, 4) is 5.75 Å². The molecule has 4 rings (SSSR count). The lowest BCUT2D eigenvalue weighted by Crippen LogP contribution is -2.56. The summed E-state index contributed by atoms with van der Waals surface area (Å²) in [6.45, 7) is 6.99. The van der Waals surface area contributed by atoms with Crippen molar-refractivity contribution in [1.82, 2.24) is 15.1 Å². The Bertz CT molecular complexity index is 1030. The summed E-state index contributed by atoms with van der Waals surface area (Å²) in [5.74, 6) is -1.33. The lowest BCUT2D eigenvalue weighted by molar-refractivity contribution is -0.275. The summed E-state index contributed by atoms with van der Waals surface area (Å²) in [5.41, 5.74) is 1.79. The first-order valence-corrected chi connectivity index (χ1v) is 12.8. The molecular formula is C27H34F4N4O2. The smallest absolute Gasteiger partial charge is 0.403 e. The molecule has 37 heavy (non-hydrogen) atoms. The maximum absolute atomic E-state index is 14.1. The van der Waals surface area contributed by atoms with E-state index in [0.29, 0.717) is 37.8 Å². The van der Waals surface area contributed by atoms with Gasteiger partial charge in [0.05, 0.1) is 0 Å². The van der Waals surface area contributed by atoms with E-state index in [1.165, 1.54) is 11.6 Å². The lowest BCUT2D eigenvalue weighted by Gasteiger charge is -2.41. The summed E-state index contributed by atoms with van der Waals surface area (Å²) in [6, 6.07) is 13.6. The monoisotopic (exact) mass is 522 g/mol. The number of carbonyl (C=O) groups is 1. The number of nitrogens with zero attached hydrogens (tertiary/aromatic N) is 3. The molecule has 2 aliphatic heterocycles. The van der Waals surface area contributed by atoms with E-state index in [2.05, 4.69) is 39.2 Å². The van der Waals surface area contributed by atoms with Gasteiger partial charge in [0.25, 0.3) is 0 Å². The van der Waals surface area contributed by atoms with E-state index in [4.69, 9.17) is 0 Å². The maximum Gasteiger partial charge on any atom is 0.573 e. The Morgan fingerprint density at radius 2 is 1.78 bits per heavy atom. The van der Waals surface area contributed by atoms with Crippen molar-refractivity contribution in [2.75, 3.05) is 44.2 Å². The predicted octanol–water partition coefficient (Wildman–Crippen LogP) is 5.25. The Balaban J connectivity index is 1.17. The number of hydrogen-bond acceptors (Lipinski definition) is 4. The number of halogens is 4. The van der Waals surface area contributed by atoms with Crippen LogP contribution in [0.3, 0.4) is 0 Å². The summed E-state index contributed by atoms with van der Waals surface area (Å²) in [5, 5.41) is 3.05. The number of piperazine rings is 1. The minimum Gasteiger partial charge on any atom is -0.403 e. The van der Waals surface area contributed by atoms with E-state index in [1.807, 2.05) is 17.9 Å². The second kappa shape index (κ2) is 12.0. The van der Waals surface area contributed by atoms with E-state index < -0.39 is 17.9 Å². The molecule has 0 aliphatic carbocycles. The summed E-state index contributed by atoms with van der Waals surface area (Å²) in [6.07, 6.45) is -1.75. The second-order valence-corrected chi connectivity index (χ2v) is 9.88. The molecule has 6 nitrogen and oxygen atoms in total. The first-order chi connectivity index (χ1) is 17.7. The highest BCUT2D eigenvalue weighted by Crippen LogP contribution is 2.30. The number of ether oxygens (including phenoxy) is 1. The summed E-state index contributed by atoms with van der Waals surface area (Å²) >= 11 is 0. The zero-order chi connectivity index (χ0) is 26.4. The molecule has 0 unspecified atom stereocenters. The van der Waals surface area contributed by atoms with Gasteiger partial charge in [-0.2, -0.15) is 0 Å². The average Bonchev–Trinajstić information content (AvgIpc) is 2.86. The minimum absolute atomic E-state index is 0.117. The number of rotatable bonds is 7. The lowest BCUT2D eigenvalue weighted by atomic mass is 9.93. The molecule has 0 saturated carbocycles. The van der Waals surface area contributed by atoms with Crippen LogP contribution in [0.4, 0.5) is 28.0 Å². The van der Waals surface area contributed by atoms with Crippen LogP contribution in [0.15, 0.2) is 48.5 Å². The molecule has 10 heteroatoms. The first-order valence-electron chi connectivity index (χ1n) is 12.8. The Hall–Kier alpha value is -3.01. The van der Waals surface area contributed by atoms with Crippen LogP contribution in [0, 0.1) is 11.7 Å². The SMILES string of the molecule is C[C@H]1CN(c2ccc(OC(F)(F)F)c(F)c2)CCN1C(=O)NCCC1CCN(Cc2ccccc2)CC1. The highest BCUT2D eigenvalue weighted by atomic mass is 19.4. The number of nitrogens with one attached hydrogen (secondary N) is 1. The quantitative estimate of drug-likeness (QED) is 0.505. The Morgan fingerprint density at radius 3 is 2.43 bits per heavy atom.